The predicted octanol–water partition coefficient (Wildman–Crippen LogP) is 5.62. The molecule has 1 amide bonds. The van der Waals surface area contributed by atoms with Crippen LogP contribution < -0.4 is 5.32 Å². The summed E-state index contributed by atoms with van der Waals surface area (Å²) < 4.78 is 0. The van der Waals surface area contributed by atoms with Crippen LogP contribution in [0.15, 0.2) is 54.6 Å². The Hall–Kier alpha value is -2.88. The highest BCUT2D eigenvalue weighted by Crippen LogP contribution is 2.27. The van der Waals surface area contributed by atoms with Crippen LogP contribution in [0.5, 0.6) is 0 Å². The van der Waals surface area contributed by atoms with E-state index in [0.717, 1.165) is 17.9 Å². The monoisotopic (exact) mass is 363 g/mol. The molecule has 2 N–H and O–H groups in total. The van der Waals surface area contributed by atoms with Crippen LogP contribution in [0, 0.1) is 5.92 Å². The molecule has 4 nitrogen and oxygen atoms in total. The standard InChI is InChI=1S/C23H25NO3/c25-22(19-12-5-2-6-13-19)24-21-16-18(14-15-20(21)23(26)27)11-7-10-17-8-3-1-4-9-17/h2,5-7,11-17H,1,3-4,8-10H2,(H,24,25)(H,26,27)/b11-7+. The number of carbonyl (C=O) groups is 2. The second kappa shape index (κ2) is 9.17. The zero-order valence-corrected chi connectivity index (χ0v) is 15.4. The van der Waals surface area contributed by atoms with Crippen LogP contribution >= 0.6 is 0 Å². The molecule has 0 unspecified atom stereocenters. The molecule has 1 aliphatic carbocycles. The molecular weight excluding hydrogens is 338 g/mol. The molecule has 0 heterocycles. The van der Waals surface area contributed by atoms with Crippen LogP contribution in [0.25, 0.3) is 6.08 Å². The summed E-state index contributed by atoms with van der Waals surface area (Å²) in [6.07, 6.45) is 11.8. The van der Waals surface area contributed by atoms with Gasteiger partial charge in [-0.2, -0.15) is 0 Å². The Balaban J connectivity index is 1.74. The summed E-state index contributed by atoms with van der Waals surface area (Å²) in [6, 6.07) is 13.8. The minimum absolute atomic E-state index is 0.0868. The van der Waals surface area contributed by atoms with E-state index in [1.165, 1.54) is 32.1 Å². The molecule has 0 saturated heterocycles. The molecule has 4 heteroatoms. The molecule has 2 aromatic rings. The number of carboxylic acid groups (broad SMARTS) is 1. The zero-order valence-electron chi connectivity index (χ0n) is 15.4. The Morgan fingerprint density at radius 3 is 2.48 bits per heavy atom. The van der Waals surface area contributed by atoms with Crippen molar-refractivity contribution in [1.82, 2.24) is 0 Å². The third-order valence-electron chi connectivity index (χ3n) is 5.06. The van der Waals surface area contributed by atoms with Crippen molar-refractivity contribution < 1.29 is 14.7 Å². The van der Waals surface area contributed by atoms with E-state index in [1.54, 1.807) is 42.5 Å². The molecule has 2 aromatic carbocycles. The number of hydrogen-bond acceptors (Lipinski definition) is 2. The fraction of sp³-hybridized carbons (Fsp3) is 0.304. The lowest BCUT2D eigenvalue weighted by molar-refractivity contribution is 0.0698. The molecule has 0 aliphatic heterocycles. The third kappa shape index (κ3) is 5.30. The van der Waals surface area contributed by atoms with Crippen LogP contribution in [0.1, 0.15) is 64.8 Å². The second-order valence-corrected chi connectivity index (χ2v) is 7.07. The Kier molecular flexibility index (Phi) is 6.42. The van der Waals surface area contributed by atoms with E-state index >= 15 is 0 Å². The van der Waals surface area contributed by atoms with Gasteiger partial charge < -0.3 is 10.4 Å². The topological polar surface area (TPSA) is 66.4 Å². The minimum Gasteiger partial charge on any atom is -0.478 e. The maximum Gasteiger partial charge on any atom is 0.337 e. The molecule has 1 aliphatic rings. The summed E-state index contributed by atoms with van der Waals surface area (Å²) in [6.45, 7) is 0. The first-order chi connectivity index (χ1) is 13.1. The summed E-state index contributed by atoms with van der Waals surface area (Å²) >= 11 is 0. The van der Waals surface area contributed by atoms with Gasteiger partial charge in [0.05, 0.1) is 11.3 Å². The van der Waals surface area contributed by atoms with Crippen molar-refractivity contribution in [2.24, 2.45) is 5.92 Å². The number of anilines is 1. The number of carbonyl (C=O) groups excluding carboxylic acids is 1. The number of allylic oxidation sites excluding steroid dienone is 1. The Morgan fingerprint density at radius 2 is 1.78 bits per heavy atom. The summed E-state index contributed by atoms with van der Waals surface area (Å²) in [7, 11) is 0. The molecule has 3 rings (SSSR count). The third-order valence-corrected chi connectivity index (χ3v) is 5.06. The molecule has 1 saturated carbocycles. The van der Waals surface area contributed by atoms with Crippen LogP contribution in [0.2, 0.25) is 0 Å². The lowest BCUT2D eigenvalue weighted by Gasteiger charge is -2.19. The fourth-order valence-corrected chi connectivity index (χ4v) is 3.56. The van der Waals surface area contributed by atoms with Crippen molar-refractivity contribution in [3.63, 3.8) is 0 Å². The minimum atomic E-state index is -1.06. The van der Waals surface area contributed by atoms with Crippen LogP contribution in [0.3, 0.4) is 0 Å². The molecular formula is C23H25NO3. The maximum absolute atomic E-state index is 12.4. The fourth-order valence-electron chi connectivity index (χ4n) is 3.56. The molecule has 0 aromatic heterocycles. The van der Waals surface area contributed by atoms with E-state index in [2.05, 4.69) is 11.4 Å². The van der Waals surface area contributed by atoms with Gasteiger partial charge in [0.15, 0.2) is 0 Å². The second-order valence-electron chi connectivity index (χ2n) is 7.07. The van der Waals surface area contributed by atoms with Gasteiger partial charge in [0.1, 0.15) is 0 Å². The van der Waals surface area contributed by atoms with Gasteiger partial charge in [-0.25, -0.2) is 4.79 Å². The summed E-state index contributed by atoms with van der Waals surface area (Å²) in [4.78, 5) is 23.9. The number of amides is 1. The Bertz CT molecular complexity index is 821. The molecule has 140 valence electrons. The SMILES string of the molecule is O=C(Nc1cc(/C=C/CC2CCCCC2)ccc1C(=O)O)c1ccccc1. The molecule has 27 heavy (non-hydrogen) atoms. The van der Waals surface area contributed by atoms with E-state index in [9.17, 15) is 14.7 Å². The first-order valence-corrected chi connectivity index (χ1v) is 9.54. The summed E-state index contributed by atoms with van der Waals surface area (Å²) in [5.74, 6) is -0.622. The van der Waals surface area contributed by atoms with Crippen molar-refractivity contribution >= 4 is 23.6 Å². The van der Waals surface area contributed by atoms with Gasteiger partial charge in [-0.3, -0.25) is 4.79 Å². The largest absolute Gasteiger partial charge is 0.478 e. The van der Waals surface area contributed by atoms with Gasteiger partial charge in [-0.15, -0.1) is 0 Å². The van der Waals surface area contributed by atoms with Crippen LogP contribution in [-0.4, -0.2) is 17.0 Å². The van der Waals surface area contributed by atoms with E-state index < -0.39 is 5.97 Å². The van der Waals surface area contributed by atoms with E-state index in [0.29, 0.717) is 11.3 Å². The van der Waals surface area contributed by atoms with Crippen LogP contribution in [-0.2, 0) is 0 Å². The highest BCUT2D eigenvalue weighted by Gasteiger charge is 2.14. The normalized spacial score (nSPS) is 15.0. The zero-order chi connectivity index (χ0) is 19.1. The number of benzene rings is 2. The lowest BCUT2D eigenvalue weighted by atomic mass is 9.87. The molecule has 0 bridgehead atoms. The van der Waals surface area contributed by atoms with Gasteiger partial charge >= 0.3 is 5.97 Å². The van der Waals surface area contributed by atoms with Gasteiger partial charge in [0.2, 0.25) is 0 Å². The molecule has 0 radical (unpaired) electrons. The lowest BCUT2D eigenvalue weighted by Crippen LogP contribution is -2.14. The number of aromatic carboxylic acids is 1. The predicted molar refractivity (Wildman–Crippen MR) is 108 cm³/mol. The van der Waals surface area contributed by atoms with E-state index in [1.807, 2.05) is 12.1 Å². The average molecular weight is 363 g/mol. The van der Waals surface area contributed by atoms with Gasteiger partial charge in [0, 0.05) is 5.56 Å². The quantitative estimate of drug-likeness (QED) is 0.700. The Morgan fingerprint density at radius 1 is 1.04 bits per heavy atom. The van der Waals surface area contributed by atoms with Crippen molar-refractivity contribution in [3.8, 4) is 0 Å². The molecule has 0 spiro atoms. The summed E-state index contributed by atoms with van der Waals surface area (Å²) in [5.41, 5.74) is 1.78. The van der Waals surface area contributed by atoms with Crippen molar-refractivity contribution in [3.05, 3.63) is 71.3 Å². The van der Waals surface area contributed by atoms with Crippen molar-refractivity contribution in [2.75, 3.05) is 5.32 Å². The number of rotatable bonds is 6. The highest BCUT2D eigenvalue weighted by atomic mass is 16.4. The summed E-state index contributed by atoms with van der Waals surface area (Å²) in [5, 5.41) is 12.2. The van der Waals surface area contributed by atoms with Gasteiger partial charge in [-0.05, 0) is 42.2 Å². The number of carboxylic acids is 1. The maximum atomic E-state index is 12.4. The molecule has 1 fully saturated rings. The van der Waals surface area contributed by atoms with E-state index in [-0.39, 0.29) is 11.5 Å². The van der Waals surface area contributed by atoms with Crippen molar-refractivity contribution in [1.29, 1.82) is 0 Å². The number of nitrogens with one attached hydrogen (secondary N) is 1. The average Bonchev–Trinajstić information content (AvgIpc) is 2.69. The first kappa shape index (κ1) is 18.9. The van der Waals surface area contributed by atoms with Crippen molar-refractivity contribution in [2.45, 2.75) is 38.5 Å². The molecule has 0 atom stereocenters. The Labute approximate surface area is 159 Å². The van der Waals surface area contributed by atoms with E-state index in [4.69, 9.17) is 0 Å². The van der Waals surface area contributed by atoms with Crippen LogP contribution in [0.4, 0.5) is 5.69 Å². The first-order valence-electron chi connectivity index (χ1n) is 9.54. The van der Waals surface area contributed by atoms with Gasteiger partial charge in [0.25, 0.3) is 5.91 Å². The highest BCUT2D eigenvalue weighted by molar-refractivity contribution is 6.07. The smallest absolute Gasteiger partial charge is 0.337 e. The van der Waals surface area contributed by atoms with Gasteiger partial charge in [-0.1, -0.05) is 68.5 Å². The number of hydrogen-bond donors (Lipinski definition) is 2.